The van der Waals surface area contributed by atoms with Crippen molar-refractivity contribution >= 4 is 29.7 Å². The van der Waals surface area contributed by atoms with Crippen LogP contribution in [-0.2, 0) is 42.7 Å². The second-order valence-corrected chi connectivity index (χ2v) is 27.4. The number of carbonyl (C=O) groups excluding carboxylic acids is 2. The summed E-state index contributed by atoms with van der Waals surface area (Å²) in [6.07, 6.45) is -6.47. The summed E-state index contributed by atoms with van der Waals surface area (Å²) in [5.74, 6) is -3.53. The minimum absolute atomic E-state index is 0.0275. The average Bonchev–Trinajstić information content (AvgIpc) is 3.62. The van der Waals surface area contributed by atoms with Gasteiger partial charge in [-0.2, -0.15) is 0 Å². The Hall–Kier alpha value is -1.92. The smallest absolute Gasteiger partial charge is 0.394 e. The van der Waals surface area contributed by atoms with Crippen LogP contribution in [-0.4, -0.2) is 272 Å². The third-order valence-corrected chi connectivity index (χ3v) is 19.1. The van der Waals surface area contributed by atoms with Gasteiger partial charge >= 0.3 is 23.6 Å². The van der Waals surface area contributed by atoms with Crippen LogP contribution >= 0.6 is 0 Å². The van der Waals surface area contributed by atoms with Crippen LogP contribution in [0.2, 0.25) is 12.1 Å². The number of isocyanates is 1. The predicted octanol–water partition coefficient (Wildman–Crippen LogP) is -5.03. The molecule has 4 heterocycles. The molecule has 30 nitrogen and oxygen atoms in total. The van der Waals surface area contributed by atoms with Crippen LogP contribution in [0.25, 0.3) is 0 Å². The van der Waals surface area contributed by atoms with Gasteiger partial charge in [0.05, 0.1) is 99.9 Å². The lowest BCUT2D eigenvalue weighted by Gasteiger charge is -2.60. The predicted molar refractivity (Wildman–Crippen MR) is 295 cm³/mol. The van der Waals surface area contributed by atoms with Crippen molar-refractivity contribution in [2.75, 3.05) is 65.9 Å². The molecule has 0 bridgehead atoms. The van der Waals surface area contributed by atoms with Crippen molar-refractivity contribution < 1.29 is 117 Å². The SMILES string of the molecule is CCOCC1(C)C(CO)OC(C)(OC2(C)C(CO)OC(C)(CC)C(N)C2O)C(N)C1O.CCOCC1(C)C(CO)OC(C)(OC2(C)C(CO)OC(C)(CC)C(N)C2O)C(NC(=O)NCCC[Si](O)(O)O)C1O.O=C=NCCC[Si](O)(O)O. The number of hydrogen-bond acceptors (Lipinski definition) is 28. The average molecular weight is 1230 g/mol. The van der Waals surface area contributed by atoms with Gasteiger partial charge in [-0.3, -0.25) is 0 Å². The van der Waals surface area contributed by atoms with Gasteiger partial charge in [-0.1, -0.05) is 27.7 Å². The summed E-state index contributed by atoms with van der Waals surface area (Å²) in [7, 11) is -8.17. The van der Waals surface area contributed by atoms with E-state index in [-0.39, 0.29) is 44.8 Å². The number of carbonyl (C=O) groups is 1. The van der Waals surface area contributed by atoms with Gasteiger partial charge < -0.3 is 135 Å². The number of aliphatic hydroxyl groups is 8. The first-order chi connectivity index (χ1) is 37.7. The summed E-state index contributed by atoms with van der Waals surface area (Å²) in [4.78, 5) is 78.4. The van der Waals surface area contributed by atoms with Crippen LogP contribution in [0.1, 0.15) is 109 Å². The summed E-state index contributed by atoms with van der Waals surface area (Å²) in [6, 6.07) is -5.27. The Bertz CT molecular complexity index is 1990. The van der Waals surface area contributed by atoms with Crippen LogP contribution in [0.4, 0.5) is 4.79 Å². The highest BCUT2D eigenvalue weighted by atomic mass is 28.4. The molecule has 82 heavy (non-hydrogen) atoms. The van der Waals surface area contributed by atoms with Crippen LogP contribution in [0, 0.1) is 10.8 Å². The summed E-state index contributed by atoms with van der Waals surface area (Å²) in [5, 5.41) is 91.1. The monoisotopic (exact) mass is 1230 g/mol. The van der Waals surface area contributed by atoms with Crippen molar-refractivity contribution in [3.8, 4) is 0 Å². The standard InChI is InChI=1S/C25H51N3O12Si.C21H42N2O8.C4H9NO4Si/c1-7-23(4)17(26)19(31)24(5,16(13-30)38-23)40-25(6)18(28-21(33)27-10-9-11-41(34,35)36)20(32)22(3,14-37-8-2)15(12-29)39-25;1-7-19(4)14(22)17(27)20(5,13(10-25)29-19)31-21(6)15(23)16(26)18(3,11-28-8-2)12(9-24)30-21;6-4-5-2-1-3-10(7,8)9/h15-20,29-32,34-36H,7-14,26H2,1-6H3,(H2,27,28,33);12-17,24-27H,7-11,22-23H2,1-6H3;7-9H,1-3H2. The molecule has 22 N–H and O–H groups in total. The van der Waals surface area contributed by atoms with Crippen molar-refractivity contribution in [3.05, 3.63) is 0 Å². The molecule has 2 amide bonds. The molecule has 4 saturated heterocycles. The maximum absolute atomic E-state index is 12.9. The van der Waals surface area contributed by atoms with E-state index in [9.17, 15) is 64.8 Å². The molecule has 0 aliphatic carbocycles. The highest BCUT2D eigenvalue weighted by Gasteiger charge is 2.66. The van der Waals surface area contributed by atoms with Crippen LogP contribution in [0.5, 0.6) is 0 Å². The number of amides is 2. The largest absolute Gasteiger partial charge is 0.492 e. The van der Waals surface area contributed by atoms with Crippen molar-refractivity contribution in [1.29, 1.82) is 0 Å². The number of aliphatic imine (C=N–C) groups is 1. The van der Waals surface area contributed by atoms with Crippen LogP contribution in [0.3, 0.4) is 0 Å². The van der Waals surface area contributed by atoms with Gasteiger partial charge in [0, 0.05) is 42.7 Å². The molecule has 20 atom stereocenters. The van der Waals surface area contributed by atoms with Crippen molar-refractivity contribution in [2.45, 2.75) is 228 Å². The van der Waals surface area contributed by atoms with Gasteiger partial charge in [0.15, 0.2) is 11.6 Å². The molecule has 484 valence electrons. The number of urea groups is 1. The number of nitrogens with one attached hydrogen (secondary N) is 2. The van der Waals surface area contributed by atoms with E-state index in [0.717, 1.165) is 0 Å². The van der Waals surface area contributed by atoms with Gasteiger partial charge in [-0.25, -0.2) is 14.6 Å². The lowest BCUT2D eigenvalue weighted by Crippen LogP contribution is -2.78. The van der Waals surface area contributed by atoms with E-state index in [1.807, 2.05) is 20.8 Å². The van der Waals surface area contributed by atoms with E-state index >= 15 is 0 Å². The topological polar surface area (TPSA) is 506 Å². The first kappa shape index (κ1) is 76.2. The van der Waals surface area contributed by atoms with Gasteiger partial charge in [0.25, 0.3) is 0 Å². The van der Waals surface area contributed by atoms with E-state index in [0.29, 0.717) is 32.5 Å². The summed E-state index contributed by atoms with van der Waals surface area (Å²) >= 11 is 0. The zero-order chi connectivity index (χ0) is 63.3. The minimum atomic E-state index is -4.27. The lowest BCUT2D eigenvalue weighted by atomic mass is 9.71. The number of hydrogen-bond donors (Lipinski definition) is 19. The van der Waals surface area contributed by atoms with Crippen molar-refractivity contribution in [2.24, 2.45) is 33.0 Å². The third-order valence-electron chi connectivity index (χ3n) is 17.0. The molecular formula is C50H102N6O24Si2. The molecule has 4 rings (SSSR count). The second kappa shape index (κ2) is 30.8. The maximum atomic E-state index is 12.9. The molecule has 20 unspecified atom stereocenters. The fraction of sp³-hybridized carbons (Fsp3) is 0.960. The summed E-state index contributed by atoms with van der Waals surface area (Å²) < 4.78 is 48.4. The molecule has 0 spiro atoms. The third kappa shape index (κ3) is 17.9. The van der Waals surface area contributed by atoms with Crippen molar-refractivity contribution in [3.63, 3.8) is 0 Å². The molecule has 4 aliphatic heterocycles. The molecule has 0 aromatic carbocycles. The number of nitrogens with zero attached hydrogens (tertiary/aromatic N) is 1. The number of aliphatic hydroxyl groups excluding tert-OH is 8. The molecule has 0 saturated carbocycles. The number of nitrogens with two attached hydrogens (primary N) is 3. The quantitative estimate of drug-likeness (QED) is 0.0176. The first-order valence-corrected chi connectivity index (χ1v) is 31.9. The fourth-order valence-electron chi connectivity index (χ4n) is 10.8. The molecule has 0 aromatic heterocycles. The molecule has 4 fully saturated rings. The zero-order valence-electron chi connectivity index (χ0n) is 49.8. The minimum Gasteiger partial charge on any atom is -0.394 e. The fourth-order valence-corrected chi connectivity index (χ4v) is 12.1. The Balaban J connectivity index is 0.000000492. The normalized spacial score (nSPS) is 41.5. The zero-order valence-corrected chi connectivity index (χ0v) is 51.8. The Kier molecular flexibility index (Phi) is 28.6. The number of ether oxygens (including phenoxy) is 8. The highest BCUT2D eigenvalue weighted by molar-refractivity contribution is 6.56. The van der Waals surface area contributed by atoms with Gasteiger partial charge in [-0.15, -0.1) is 0 Å². The van der Waals surface area contributed by atoms with Crippen molar-refractivity contribution in [1.82, 2.24) is 10.6 Å². The van der Waals surface area contributed by atoms with Gasteiger partial charge in [-0.05, 0) is 81.1 Å². The van der Waals surface area contributed by atoms with E-state index in [1.54, 1.807) is 41.5 Å². The van der Waals surface area contributed by atoms with Crippen LogP contribution in [0.15, 0.2) is 4.99 Å². The van der Waals surface area contributed by atoms with Crippen LogP contribution < -0.4 is 27.8 Å². The van der Waals surface area contributed by atoms with Gasteiger partial charge in [0.2, 0.25) is 6.08 Å². The van der Waals surface area contributed by atoms with E-state index in [4.69, 9.17) is 69.5 Å². The van der Waals surface area contributed by atoms with E-state index in [2.05, 4.69) is 15.6 Å². The summed E-state index contributed by atoms with van der Waals surface area (Å²) in [6.45, 7) is 19.2. The first-order valence-electron chi connectivity index (χ1n) is 27.8. The molecular weight excluding hydrogens is 1120 g/mol. The maximum Gasteiger partial charge on any atom is 0.492 e. The molecule has 4 aliphatic rings. The Morgan fingerprint density at radius 3 is 1.34 bits per heavy atom. The lowest BCUT2D eigenvalue weighted by molar-refractivity contribution is -0.401. The molecule has 32 heteroatoms. The molecule has 0 aromatic rings. The summed E-state index contributed by atoms with van der Waals surface area (Å²) in [5.41, 5.74) is 11.8. The Morgan fingerprint density at radius 2 is 0.963 bits per heavy atom. The Labute approximate surface area is 482 Å². The van der Waals surface area contributed by atoms with Gasteiger partial charge in [0.1, 0.15) is 41.7 Å². The van der Waals surface area contributed by atoms with E-state index in [1.165, 1.54) is 26.9 Å². The second-order valence-electron chi connectivity index (χ2n) is 23.3. The highest BCUT2D eigenvalue weighted by Crippen LogP contribution is 2.49. The molecule has 0 radical (unpaired) electrons. The van der Waals surface area contributed by atoms with E-state index < -0.39 is 168 Å². The Morgan fingerprint density at radius 1 is 0.573 bits per heavy atom. The number of rotatable bonds is 25.